The van der Waals surface area contributed by atoms with Crippen LogP contribution < -0.4 is 26.6 Å². The summed E-state index contributed by atoms with van der Waals surface area (Å²) in [6, 6.07) is 5.28. The van der Waals surface area contributed by atoms with Gasteiger partial charge in [-0.15, -0.1) is 11.8 Å². The lowest BCUT2D eigenvalue weighted by molar-refractivity contribution is 0.501. The van der Waals surface area contributed by atoms with Crippen LogP contribution in [0.5, 0.6) is 0 Å². The van der Waals surface area contributed by atoms with Gasteiger partial charge in [-0.25, -0.2) is 17.9 Å². The molecular formula is C20H30N6O3S2. The number of thioether (sulfide) groups is 1. The molecule has 0 amide bonds. The van der Waals surface area contributed by atoms with Gasteiger partial charge in [0.05, 0.1) is 27.3 Å². The summed E-state index contributed by atoms with van der Waals surface area (Å²) in [5.41, 5.74) is 7.17. The number of fused-ring (bicyclic) bond motifs is 1. The molecule has 1 aromatic heterocycles. The van der Waals surface area contributed by atoms with E-state index in [0.717, 1.165) is 18.4 Å². The van der Waals surface area contributed by atoms with Crippen LogP contribution in [-0.4, -0.2) is 52.8 Å². The smallest absolute Gasteiger partial charge is 0.302 e. The second-order valence-electron chi connectivity index (χ2n) is 9.27. The maximum Gasteiger partial charge on any atom is 0.329 e. The summed E-state index contributed by atoms with van der Waals surface area (Å²) in [5, 5.41) is 4.12. The third kappa shape index (κ3) is 3.96. The van der Waals surface area contributed by atoms with Gasteiger partial charge in [0.25, 0.3) is 0 Å². The van der Waals surface area contributed by atoms with Crippen LogP contribution in [0.15, 0.2) is 27.9 Å². The molecule has 3 fully saturated rings. The molecule has 0 spiro atoms. The van der Waals surface area contributed by atoms with E-state index in [1.807, 2.05) is 23.3 Å². The van der Waals surface area contributed by atoms with E-state index < -0.39 is 10.0 Å². The minimum absolute atomic E-state index is 0.0752. The zero-order valence-electron chi connectivity index (χ0n) is 18.0. The molecule has 0 radical (unpaired) electrons. The highest BCUT2D eigenvalue weighted by Gasteiger charge is 2.41. The number of hydrogen-bond donors (Lipinski definition) is 4. The van der Waals surface area contributed by atoms with Gasteiger partial charge in [0.2, 0.25) is 10.0 Å². The monoisotopic (exact) mass is 466 g/mol. The predicted molar refractivity (Wildman–Crippen MR) is 123 cm³/mol. The minimum Gasteiger partial charge on any atom is -0.302 e. The van der Waals surface area contributed by atoms with Gasteiger partial charge in [0, 0.05) is 36.5 Å². The number of nitrogens with one attached hydrogen (secondary N) is 4. The standard InChI is InChI=1S/C20H30N6O3S2/c1-12-18(30-13(2)23-12)11-25-16-5-4-15(31(28,29)24-20(3)6-7-20)8-17(16)26(19(25)27)14-9-21-22-10-14/h4-5,8,12-14,18,21-24H,6-7,9-11H2,1-3H3. The van der Waals surface area contributed by atoms with Gasteiger partial charge in [-0.05, 0) is 51.8 Å². The van der Waals surface area contributed by atoms with Crippen molar-refractivity contribution in [3.05, 3.63) is 28.7 Å². The van der Waals surface area contributed by atoms with Gasteiger partial charge in [-0.3, -0.25) is 20.0 Å². The third-order valence-corrected chi connectivity index (χ3v) is 9.67. The van der Waals surface area contributed by atoms with Crippen molar-refractivity contribution in [2.24, 2.45) is 0 Å². The van der Waals surface area contributed by atoms with Gasteiger partial charge in [-0.2, -0.15) is 0 Å². The van der Waals surface area contributed by atoms with E-state index >= 15 is 0 Å². The van der Waals surface area contributed by atoms with Crippen molar-refractivity contribution in [1.29, 1.82) is 0 Å². The number of rotatable bonds is 6. The first-order chi connectivity index (χ1) is 14.7. The average Bonchev–Trinajstić information content (AvgIpc) is 3.05. The van der Waals surface area contributed by atoms with Crippen molar-refractivity contribution in [2.75, 3.05) is 13.1 Å². The SMILES string of the molecule is CC1NC(C)C(Cn2c(=O)n(C3CNNC3)c3cc(S(=O)(=O)NC4(C)CC4)ccc32)S1. The zero-order chi connectivity index (χ0) is 22.0. The summed E-state index contributed by atoms with van der Waals surface area (Å²) >= 11 is 1.84. The molecule has 3 aliphatic rings. The largest absolute Gasteiger partial charge is 0.329 e. The van der Waals surface area contributed by atoms with Gasteiger partial charge >= 0.3 is 5.69 Å². The molecule has 2 saturated heterocycles. The van der Waals surface area contributed by atoms with Crippen LogP contribution in [0, 0.1) is 0 Å². The number of benzene rings is 1. The molecule has 1 saturated carbocycles. The van der Waals surface area contributed by atoms with Crippen molar-refractivity contribution < 1.29 is 8.42 Å². The molecule has 31 heavy (non-hydrogen) atoms. The first-order valence-corrected chi connectivity index (χ1v) is 13.3. The van der Waals surface area contributed by atoms with Gasteiger partial charge < -0.3 is 5.32 Å². The quantitative estimate of drug-likeness (QED) is 0.497. The molecule has 2 aliphatic heterocycles. The second-order valence-corrected chi connectivity index (χ2v) is 12.5. The van der Waals surface area contributed by atoms with Gasteiger partial charge in [-0.1, -0.05) is 0 Å². The topological polar surface area (TPSA) is 109 Å². The molecule has 3 unspecified atom stereocenters. The molecule has 170 valence electrons. The van der Waals surface area contributed by atoms with E-state index in [4.69, 9.17) is 0 Å². The Kier molecular flexibility index (Phi) is 5.26. The van der Waals surface area contributed by atoms with E-state index in [9.17, 15) is 13.2 Å². The summed E-state index contributed by atoms with van der Waals surface area (Å²) in [6.07, 6.45) is 1.69. The zero-order valence-corrected chi connectivity index (χ0v) is 19.6. The molecular weight excluding hydrogens is 436 g/mol. The second kappa shape index (κ2) is 7.60. The first-order valence-electron chi connectivity index (χ1n) is 10.8. The van der Waals surface area contributed by atoms with Crippen molar-refractivity contribution in [1.82, 2.24) is 30.0 Å². The lowest BCUT2D eigenvalue weighted by atomic mass is 10.2. The van der Waals surface area contributed by atoms with Gasteiger partial charge in [0.15, 0.2) is 0 Å². The van der Waals surface area contributed by atoms with E-state index in [0.29, 0.717) is 36.6 Å². The van der Waals surface area contributed by atoms with E-state index in [-0.39, 0.29) is 27.4 Å². The Morgan fingerprint density at radius 1 is 1.19 bits per heavy atom. The minimum atomic E-state index is -3.65. The highest BCUT2D eigenvalue weighted by atomic mass is 32.2. The Hall–Kier alpha value is -1.37. The highest BCUT2D eigenvalue weighted by molar-refractivity contribution is 8.00. The Bertz CT molecular complexity index is 1160. The number of hydrogen-bond acceptors (Lipinski definition) is 7. The molecule has 3 atom stereocenters. The number of sulfonamides is 1. The normalized spacial score (nSPS) is 28.5. The van der Waals surface area contributed by atoms with Crippen LogP contribution in [0.3, 0.4) is 0 Å². The Morgan fingerprint density at radius 2 is 1.90 bits per heavy atom. The number of aromatic nitrogens is 2. The summed E-state index contributed by atoms with van der Waals surface area (Å²) < 4.78 is 32.3. The van der Waals surface area contributed by atoms with E-state index in [1.54, 1.807) is 22.8 Å². The number of hydrazine groups is 1. The maximum absolute atomic E-state index is 13.5. The van der Waals surface area contributed by atoms with E-state index in [1.165, 1.54) is 0 Å². The summed E-state index contributed by atoms with van der Waals surface area (Å²) in [6.45, 7) is 8.00. The van der Waals surface area contributed by atoms with Crippen LogP contribution in [-0.2, 0) is 16.6 Å². The van der Waals surface area contributed by atoms with Crippen LogP contribution in [0.25, 0.3) is 11.0 Å². The van der Waals surface area contributed by atoms with Crippen LogP contribution in [0.1, 0.15) is 39.7 Å². The molecule has 11 heteroatoms. The van der Waals surface area contributed by atoms with E-state index in [2.05, 4.69) is 34.7 Å². The third-order valence-electron chi connectivity index (χ3n) is 6.59. The lowest BCUT2D eigenvalue weighted by Crippen LogP contribution is -2.35. The number of imidazole rings is 1. The fraction of sp³-hybridized carbons (Fsp3) is 0.650. The molecule has 3 heterocycles. The Labute approximate surface area is 186 Å². The number of nitrogens with zero attached hydrogens (tertiary/aromatic N) is 2. The summed E-state index contributed by atoms with van der Waals surface area (Å²) in [7, 11) is -3.65. The molecule has 4 N–H and O–H groups in total. The summed E-state index contributed by atoms with van der Waals surface area (Å²) in [5.74, 6) is 0. The van der Waals surface area contributed by atoms with Crippen molar-refractivity contribution >= 4 is 32.8 Å². The molecule has 0 bridgehead atoms. The Balaban J connectivity index is 1.59. The average molecular weight is 467 g/mol. The molecule has 9 nitrogen and oxygen atoms in total. The van der Waals surface area contributed by atoms with Crippen molar-refractivity contribution in [3.63, 3.8) is 0 Å². The highest BCUT2D eigenvalue weighted by Crippen LogP contribution is 2.36. The van der Waals surface area contributed by atoms with Crippen LogP contribution >= 0.6 is 11.8 Å². The first kappa shape index (κ1) is 21.5. The van der Waals surface area contributed by atoms with Gasteiger partial charge in [0.1, 0.15) is 0 Å². The van der Waals surface area contributed by atoms with Crippen LogP contribution in [0.4, 0.5) is 0 Å². The summed E-state index contributed by atoms with van der Waals surface area (Å²) in [4.78, 5) is 13.7. The predicted octanol–water partition coefficient (Wildman–Crippen LogP) is 0.722. The fourth-order valence-electron chi connectivity index (χ4n) is 4.54. The molecule has 1 aromatic carbocycles. The fourth-order valence-corrected chi connectivity index (χ4v) is 7.39. The molecule has 5 rings (SSSR count). The van der Waals surface area contributed by atoms with Crippen molar-refractivity contribution in [3.8, 4) is 0 Å². The molecule has 2 aromatic rings. The molecule has 1 aliphatic carbocycles. The van der Waals surface area contributed by atoms with Crippen LogP contribution in [0.2, 0.25) is 0 Å². The maximum atomic E-state index is 13.5. The Morgan fingerprint density at radius 3 is 2.52 bits per heavy atom. The van der Waals surface area contributed by atoms with Crippen molar-refractivity contribution in [2.45, 2.75) is 73.3 Å². The lowest BCUT2D eigenvalue weighted by Gasteiger charge is -2.15.